The van der Waals surface area contributed by atoms with Gasteiger partial charge in [-0.25, -0.2) is 4.39 Å². The number of para-hydroxylation sites is 1. The fourth-order valence-electron chi connectivity index (χ4n) is 3.26. The van der Waals surface area contributed by atoms with Gasteiger partial charge in [-0.1, -0.05) is 36.9 Å². The van der Waals surface area contributed by atoms with E-state index in [0.717, 1.165) is 23.2 Å². The highest BCUT2D eigenvalue weighted by atomic mass is 32.2. The van der Waals surface area contributed by atoms with E-state index in [1.54, 1.807) is 0 Å². The fraction of sp³-hybridized carbons (Fsp3) is 0.304. The molecule has 0 saturated carbocycles. The minimum atomic E-state index is -0.368. The molecule has 0 bridgehead atoms. The Morgan fingerprint density at radius 1 is 1.03 bits per heavy atom. The summed E-state index contributed by atoms with van der Waals surface area (Å²) in [7, 11) is 0. The van der Waals surface area contributed by atoms with Crippen molar-refractivity contribution in [1.82, 2.24) is 14.8 Å². The molecule has 0 fully saturated rings. The predicted molar refractivity (Wildman–Crippen MR) is 124 cm³/mol. The number of carbonyl (C=O) groups excluding carboxylic acids is 2. The first kappa shape index (κ1) is 23.5. The second kappa shape index (κ2) is 10.9. The fourth-order valence-corrected chi connectivity index (χ4v) is 4.09. The van der Waals surface area contributed by atoms with Gasteiger partial charge in [0.25, 0.3) is 0 Å². The molecule has 2 amide bonds. The summed E-state index contributed by atoms with van der Waals surface area (Å²) in [5.41, 5.74) is 3.48. The Hall–Kier alpha value is -3.20. The van der Waals surface area contributed by atoms with Crippen LogP contribution in [0.4, 0.5) is 15.8 Å². The van der Waals surface area contributed by atoms with Gasteiger partial charge in [-0.15, -0.1) is 10.2 Å². The van der Waals surface area contributed by atoms with Gasteiger partial charge in [0.2, 0.25) is 11.8 Å². The maximum Gasteiger partial charge on any atom is 0.234 e. The molecular weight excluding hydrogens is 429 g/mol. The number of nitrogens with one attached hydrogen (secondary N) is 2. The Kier molecular flexibility index (Phi) is 7.99. The third-order valence-corrected chi connectivity index (χ3v) is 5.86. The molecule has 0 aliphatic heterocycles. The molecule has 3 rings (SSSR count). The molecule has 1 heterocycles. The van der Waals surface area contributed by atoms with Crippen LogP contribution in [-0.4, -0.2) is 32.3 Å². The van der Waals surface area contributed by atoms with E-state index >= 15 is 0 Å². The van der Waals surface area contributed by atoms with E-state index in [9.17, 15) is 14.0 Å². The van der Waals surface area contributed by atoms with Crippen LogP contribution in [-0.2, 0) is 29.0 Å². The highest BCUT2D eigenvalue weighted by molar-refractivity contribution is 7.99. The molecule has 0 aliphatic carbocycles. The highest BCUT2D eigenvalue weighted by Gasteiger charge is 2.17. The summed E-state index contributed by atoms with van der Waals surface area (Å²) in [6.07, 6.45) is 0.853. The molecule has 0 atom stereocenters. The largest absolute Gasteiger partial charge is 0.326 e. The predicted octanol–water partition coefficient (Wildman–Crippen LogP) is 4.22. The van der Waals surface area contributed by atoms with Crippen molar-refractivity contribution in [2.24, 2.45) is 0 Å². The second-order valence-corrected chi connectivity index (χ2v) is 8.12. The maximum atomic E-state index is 13.0. The van der Waals surface area contributed by atoms with E-state index in [4.69, 9.17) is 0 Å². The van der Waals surface area contributed by atoms with Crippen LogP contribution in [0.15, 0.2) is 47.6 Å². The zero-order valence-electron chi connectivity index (χ0n) is 18.3. The summed E-state index contributed by atoms with van der Waals surface area (Å²) in [4.78, 5) is 24.9. The number of rotatable bonds is 9. The molecular formula is C23H26FN5O2S. The average Bonchev–Trinajstić information content (AvgIpc) is 3.16. The molecule has 2 aromatic carbocycles. The number of aromatic nitrogens is 3. The smallest absolute Gasteiger partial charge is 0.234 e. The number of benzene rings is 2. The SMILES string of the molecule is CCc1cccc(C)c1NC(=O)CSc1nnc(CC(=O)Nc2ccc(F)cc2)n1CC. The molecule has 0 spiro atoms. The van der Waals surface area contributed by atoms with Crippen molar-refractivity contribution < 1.29 is 14.0 Å². The van der Waals surface area contributed by atoms with Gasteiger partial charge < -0.3 is 15.2 Å². The van der Waals surface area contributed by atoms with Gasteiger partial charge in [-0.2, -0.15) is 0 Å². The number of anilines is 2. The Morgan fingerprint density at radius 3 is 2.47 bits per heavy atom. The molecule has 32 heavy (non-hydrogen) atoms. The van der Waals surface area contributed by atoms with Gasteiger partial charge in [-0.3, -0.25) is 9.59 Å². The van der Waals surface area contributed by atoms with Crippen molar-refractivity contribution in [3.8, 4) is 0 Å². The molecule has 168 valence electrons. The molecule has 9 heteroatoms. The van der Waals surface area contributed by atoms with Crippen LogP contribution in [0.5, 0.6) is 0 Å². The lowest BCUT2D eigenvalue weighted by atomic mass is 10.1. The molecule has 0 radical (unpaired) electrons. The lowest BCUT2D eigenvalue weighted by Crippen LogP contribution is -2.18. The average molecular weight is 456 g/mol. The van der Waals surface area contributed by atoms with Crippen molar-refractivity contribution >= 4 is 35.0 Å². The third-order valence-electron chi connectivity index (χ3n) is 4.89. The van der Waals surface area contributed by atoms with Crippen molar-refractivity contribution in [3.63, 3.8) is 0 Å². The van der Waals surface area contributed by atoms with E-state index in [1.165, 1.54) is 36.0 Å². The summed E-state index contributed by atoms with van der Waals surface area (Å²) in [6, 6.07) is 11.5. The number of carbonyl (C=O) groups is 2. The van der Waals surface area contributed by atoms with E-state index in [1.807, 2.05) is 36.6 Å². The normalized spacial score (nSPS) is 10.8. The molecule has 0 unspecified atom stereocenters. The summed E-state index contributed by atoms with van der Waals surface area (Å²) in [5, 5.41) is 14.6. The van der Waals surface area contributed by atoms with Crippen LogP contribution in [0.25, 0.3) is 0 Å². The topological polar surface area (TPSA) is 88.9 Å². The van der Waals surface area contributed by atoms with Crippen LogP contribution >= 0.6 is 11.8 Å². The third kappa shape index (κ3) is 5.94. The number of hydrogen-bond donors (Lipinski definition) is 2. The first-order valence-electron chi connectivity index (χ1n) is 10.4. The van der Waals surface area contributed by atoms with Crippen molar-refractivity contribution in [1.29, 1.82) is 0 Å². The zero-order chi connectivity index (χ0) is 23.1. The summed E-state index contributed by atoms with van der Waals surface area (Å²) in [5.74, 6) is -0.0907. The van der Waals surface area contributed by atoms with Gasteiger partial charge in [0, 0.05) is 17.9 Å². The van der Waals surface area contributed by atoms with Gasteiger partial charge >= 0.3 is 0 Å². The van der Waals surface area contributed by atoms with Crippen LogP contribution in [0.3, 0.4) is 0 Å². The molecule has 0 aliphatic rings. The first-order valence-corrected chi connectivity index (χ1v) is 11.4. The summed E-state index contributed by atoms with van der Waals surface area (Å²) >= 11 is 1.28. The van der Waals surface area contributed by atoms with Crippen LogP contribution < -0.4 is 10.6 Å². The van der Waals surface area contributed by atoms with Gasteiger partial charge in [0.05, 0.1) is 12.2 Å². The van der Waals surface area contributed by atoms with E-state index < -0.39 is 0 Å². The number of hydrogen-bond acceptors (Lipinski definition) is 5. The lowest BCUT2D eigenvalue weighted by Gasteiger charge is -2.13. The van der Waals surface area contributed by atoms with Gasteiger partial charge in [0.1, 0.15) is 11.6 Å². The Morgan fingerprint density at radius 2 is 1.78 bits per heavy atom. The van der Waals surface area contributed by atoms with Gasteiger partial charge in [0.15, 0.2) is 5.16 Å². The van der Waals surface area contributed by atoms with Crippen molar-refractivity contribution in [3.05, 3.63) is 65.2 Å². The maximum absolute atomic E-state index is 13.0. The molecule has 7 nitrogen and oxygen atoms in total. The summed E-state index contributed by atoms with van der Waals surface area (Å²) < 4.78 is 14.8. The number of thioether (sulfide) groups is 1. The minimum absolute atomic E-state index is 0.0219. The Bertz CT molecular complexity index is 1100. The zero-order valence-corrected chi connectivity index (χ0v) is 19.1. The molecule has 3 aromatic rings. The van der Waals surface area contributed by atoms with E-state index in [0.29, 0.717) is 23.2 Å². The minimum Gasteiger partial charge on any atom is -0.326 e. The van der Waals surface area contributed by atoms with Crippen LogP contribution in [0, 0.1) is 12.7 Å². The standard InChI is InChI=1S/C23H26FN5O2S/c1-4-16-8-6-7-15(3)22(16)26-21(31)14-32-23-28-27-19(29(23)5-2)13-20(30)25-18-11-9-17(24)10-12-18/h6-12H,4-5,13-14H2,1-3H3,(H,25,30)(H,26,31). The van der Waals surface area contributed by atoms with E-state index in [-0.39, 0.29) is 29.8 Å². The number of nitrogens with zero attached hydrogens (tertiary/aromatic N) is 3. The molecule has 1 aromatic heterocycles. The monoisotopic (exact) mass is 455 g/mol. The highest BCUT2D eigenvalue weighted by Crippen LogP contribution is 2.23. The van der Waals surface area contributed by atoms with Gasteiger partial charge in [-0.05, 0) is 55.7 Å². The summed E-state index contributed by atoms with van der Waals surface area (Å²) in [6.45, 7) is 6.51. The Labute approximate surface area is 190 Å². The lowest BCUT2D eigenvalue weighted by molar-refractivity contribution is -0.116. The van der Waals surface area contributed by atoms with Crippen molar-refractivity contribution in [2.75, 3.05) is 16.4 Å². The molecule has 0 saturated heterocycles. The van der Waals surface area contributed by atoms with Crippen LogP contribution in [0.2, 0.25) is 0 Å². The number of amides is 2. The number of halogens is 1. The second-order valence-electron chi connectivity index (χ2n) is 7.17. The number of aryl methyl sites for hydroxylation is 2. The van der Waals surface area contributed by atoms with E-state index in [2.05, 4.69) is 27.8 Å². The molecule has 2 N–H and O–H groups in total. The van der Waals surface area contributed by atoms with Crippen molar-refractivity contribution in [2.45, 2.75) is 45.3 Å². The quantitative estimate of drug-likeness (QED) is 0.472. The van der Waals surface area contributed by atoms with Crippen LogP contribution in [0.1, 0.15) is 30.8 Å². The Balaban J connectivity index is 1.60. The first-order chi connectivity index (χ1) is 15.4.